The van der Waals surface area contributed by atoms with E-state index in [1.807, 2.05) is 24.3 Å². The molecule has 0 unspecified atom stereocenters. The molecule has 1 N–H and O–H groups in total. The number of rotatable bonds is 11. The molecule has 0 saturated heterocycles. The number of aromatic amines is 1. The fraction of sp³-hybridized carbons (Fsp3) is 0.188. The van der Waals surface area contributed by atoms with E-state index in [1.165, 1.54) is 27.6 Å². The number of H-pyrrole nitrogens is 1. The second-order valence-electron chi connectivity index (χ2n) is 9.04. The van der Waals surface area contributed by atoms with Gasteiger partial charge < -0.3 is 9.72 Å². The Morgan fingerprint density at radius 3 is 1.97 bits per heavy atom. The van der Waals surface area contributed by atoms with Crippen molar-refractivity contribution in [1.82, 2.24) is 9.88 Å². The molecule has 5 rings (SSSR count). The number of benzene rings is 4. The van der Waals surface area contributed by atoms with E-state index in [1.54, 1.807) is 0 Å². The van der Waals surface area contributed by atoms with E-state index in [2.05, 4.69) is 101 Å². The predicted molar refractivity (Wildman–Crippen MR) is 145 cm³/mol. The predicted octanol–water partition coefficient (Wildman–Crippen LogP) is 7.03. The molecular formula is C32H32N2O. The second kappa shape index (κ2) is 11.5. The summed E-state index contributed by atoms with van der Waals surface area (Å²) in [4.78, 5) is 6.01. The molecule has 0 fully saturated rings. The maximum absolute atomic E-state index is 6.09. The normalized spacial score (nSPS) is 11.2. The van der Waals surface area contributed by atoms with Gasteiger partial charge in [0.15, 0.2) is 0 Å². The van der Waals surface area contributed by atoms with Crippen LogP contribution in [0.4, 0.5) is 0 Å². The molecule has 35 heavy (non-hydrogen) atoms. The van der Waals surface area contributed by atoms with Gasteiger partial charge in [-0.2, -0.15) is 0 Å². The average Bonchev–Trinajstić information content (AvgIpc) is 3.33. The molecule has 0 aliphatic rings. The Labute approximate surface area is 208 Å². The van der Waals surface area contributed by atoms with Crippen LogP contribution in [0.1, 0.15) is 22.3 Å². The molecule has 0 aliphatic carbocycles. The number of aromatic nitrogens is 1. The smallest absolute Gasteiger partial charge is 0.120 e. The maximum Gasteiger partial charge on any atom is 0.120 e. The fourth-order valence-electron chi connectivity index (χ4n) is 4.52. The Morgan fingerprint density at radius 1 is 0.629 bits per heavy atom. The van der Waals surface area contributed by atoms with Crippen LogP contribution in [-0.4, -0.2) is 23.0 Å². The van der Waals surface area contributed by atoms with Crippen LogP contribution < -0.4 is 4.74 Å². The Morgan fingerprint density at radius 2 is 1.26 bits per heavy atom. The van der Waals surface area contributed by atoms with Gasteiger partial charge in [-0.15, -0.1) is 0 Å². The lowest BCUT2D eigenvalue weighted by atomic mass is 10.1. The van der Waals surface area contributed by atoms with Crippen LogP contribution in [0.15, 0.2) is 115 Å². The highest BCUT2D eigenvalue weighted by atomic mass is 16.5. The van der Waals surface area contributed by atoms with Crippen LogP contribution in [0.2, 0.25) is 0 Å². The number of hydrogen-bond acceptors (Lipinski definition) is 2. The lowest BCUT2D eigenvalue weighted by Gasteiger charge is -2.22. The molecule has 5 aromatic rings. The third-order valence-electron chi connectivity index (χ3n) is 6.49. The summed E-state index contributed by atoms with van der Waals surface area (Å²) in [5, 5.41) is 1.25. The first-order valence-corrected chi connectivity index (χ1v) is 12.4. The molecule has 3 heteroatoms. The van der Waals surface area contributed by atoms with Gasteiger partial charge in [-0.05, 0) is 53.3 Å². The van der Waals surface area contributed by atoms with Gasteiger partial charge in [-0.25, -0.2) is 0 Å². The van der Waals surface area contributed by atoms with Crippen molar-refractivity contribution in [3.63, 3.8) is 0 Å². The summed E-state index contributed by atoms with van der Waals surface area (Å²) in [5.41, 5.74) is 6.42. The van der Waals surface area contributed by atoms with E-state index in [9.17, 15) is 0 Å². The summed E-state index contributed by atoms with van der Waals surface area (Å²) in [5.74, 6) is 0.910. The summed E-state index contributed by atoms with van der Waals surface area (Å²) in [7, 11) is 0. The minimum absolute atomic E-state index is 0.580. The van der Waals surface area contributed by atoms with Crippen LogP contribution in [0.5, 0.6) is 5.75 Å². The van der Waals surface area contributed by atoms with Gasteiger partial charge in [-0.3, -0.25) is 4.90 Å². The molecule has 1 heterocycles. The quantitative estimate of drug-likeness (QED) is 0.229. The van der Waals surface area contributed by atoms with E-state index >= 15 is 0 Å². The van der Waals surface area contributed by atoms with E-state index in [4.69, 9.17) is 4.74 Å². The van der Waals surface area contributed by atoms with E-state index in [0.29, 0.717) is 6.61 Å². The van der Waals surface area contributed by atoms with Crippen molar-refractivity contribution in [3.8, 4) is 5.75 Å². The zero-order valence-electron chi connectivity index (χ0n) is 20.1. The van der Waals surface area contributed by atoms with Crippen LogP contribution in [0, 0.1) is 0 Å². The molecule has 0 radical (unpaired) electrons. The summed E-state index contributed by atoms with van der Waals surface area (Å²) in [6.07, 6.45) is 4.20. The first-order chi connectivity index (χ1) is 17.3. The molecule has 0 amide bonds. The van der Waals surface area contributed by atoms with Gasteiger partial charge in [0.05, 0.1) is 0 Å². The van der Waals surface area contributed by atoms with Crippen molar-refractivity contribution in [1.29, 1.82) is 0 Å². The third kappa shape index (κ3) is 6.40. The average molecular weight is 461 g/mol. The highest BCUT2D eigenvalue weighted by molar-refractivity contribution is 5.84. The van der Waals surface area contributed by atoms with Gasteiger partial charge in [0, 0.05) is 36.7 Å². The third-order valence-corrected chi connectivity index (χ3v) is 6.49. The van der Waals surface area contributed by atoms with Gasteiger partial charge >= 0.3 is 0 Å². The topological polar surface area (TPSA) is 28.3 Å². The molecule has 176 valence electrons. The Hall–Kier alpha value is -3.82. The molecule has 1 aromatic heterocycles. The van der Waals surface area contributed by atoms with Crippen molar-refractivity contribution < 1.29 is 4.74 Å². The molecule has 0 saturated carbocycles. The van der Waals surface area contributed by atoms with Crippen LogP contribution in [0.25, 0.3) is 10.9 Å². The van der Waals surface area contributed by atoms with Crippen molar-refractivity contribution >= 4 is 10.9 Å². The minimum atomic E-state index is 0.580. The molecule has 3 nitrogen and oxygen atoms in total. The van der Waals surface area contributed by atoms with Crippen LogP contribution in [0.3, 0.4) is 0 Å². The molecule has 4 aromatic carbocycles. The molecule has 0 bridgehead atoms. The fourth-order valence-corrected chi connectivity index (χ4v) is 4.52. The maximum atomic E-state index is 6.09. The van der Waals surface area contributed by atoms with Crippen molar-refractivity contribution in [2.75, 3.05) is 13.1 Å². The van der Waals surface area contributed by atoms with Crippen LogP contribution >= 0.6 is 0 Å². The Balaban J connectivity index is 1.27. The SMILES string of the molecule is c1ccc(CCN(CCc2c[nH]c3ccc(OCc4ccccc4)cc23)Cc2ccccc2)cc1. The minimum Gasteiger partial charge on any atom is -0.489 e. The molecule has 0 aliphatic heterocycles. The van der Waals surface area contributed by atoms with Crippen molar-refractivity contribution in [2.45, 2.75) is 26.0 Å². The summed E-state index contributed by atoms with van der Waals surface area (Å²) in [6, 6.07) is 38.2. The van der Waals surface area contributed by atoms with E-state index in [0.717, 1.165) is 43.7 Å². The Kier molecular flexibility index (Phi) is 7.57. The molecular weight excluding hydrogens is 428 g/mol. The van der Waals surface area contributed by atoms with Gasteiger partial charge in [0.25, 0.3) is 0 Å². The monoisotopic (exact) mass is 460 g/mol. The van der Waals surface area contributed by atoms with Crippen LogP contribution in [-0.2, 0) is 26.0 Å². The number of fused-ring (bicyclic) bond motifs is 1. The van der Waals surface area contributed by atoms with Gasteiger partial charge in [0.2, 0.25) is 0 Å². The van der Waals surface area contributed by atoms with Crippen molar-refractivity contribution in [2.24, 2.45) is 0 Å². The number of ether oxygens (including phenoxy) is 1. The number of hydrogen-bond donors (Lipinski definition) is 1. The summed E-state index contributed by atoms with van der Waals surface area (Å²) >= 11 is 0. The first-order valence-electron chi connectivity index (χ1n) is 12.4. The highest BCUT2D eigenvalue weighted by Gasteiger charge is 2.11. The van der Waals surface area contributed by atoms with Gasteiger partial charge in [-0.1, -0.05) is 91.0 Å². The second-order valence-corrected chi connectivity index (χ2v) is 9.04. The lowest BCUT2D eigenvalue weighted by Crippen LogP contribution is -2.28. The number of nitrogens with one attached hydrogen (secondary N) is 1. The zero-order valence-corrected chi connectivity index (χ0v) is 20.1. The Bertz CT molecular complexity index is 1310. The molecule has 0 spiro atoms. The van der Waals surface area contributed by atoms with Gasteiger partial charge in [0.1, 0.15) is 12.4 Å². The van der Waals surface area contributed by atoms with E-state index < -0.39 is 0 Å². The summed E-state index contributed by atoms with van der Waals surface area (Å²) < 4.78 is 6.09. The number of nitrogens with zero attached hydrogens (tertiary/aromatic N) is 1. The standard InChI is InChI=1S/C32H32N2O/c1-4-10-26(11-5-1)18-20-34(24-27-12-6-2-7-13-27)21-19-29-23-33-32-17-16-30(22-31(29)32)35-25-28-14-8-3-9-15-28/h1-17,22-23,33H,18-21,24-25H2. The molecule has 0 atom stereocenters. The van der Waals surface area contributed by atoms with E-state index in [-0.39, 0.29) is 0 Å². The zero-order chi connectivity index (χ0) is 23.7. The first kappa shape index (κ1) is 22.9. The van der Waals surface area contributed by atoms with Crippen molar-refractivity contribution in [3.05, 3.63) is 138 Å². The summed E-state index contributed by atoms with van der Waals surface area (Å²) in [6.45, 7) is 3.58. The largest absolute Gasteiger partial charge is 0.489 e. The highest BCUT2D eigenvalue weighted by Crippen LogP contribution is 2.25. The lowest BCUT2D eigenvalue weighted by molar-refractivity contribution is 0.272.